The lowest BCUT2D eigenvalue weighted by atomic mass is 9.62. The zero-order valence-electron chi connectivity index (χ0n) is 13.7. The number of fused-ring (bicyclic) bond motifs is 6. The number of Topliss-reactive ketones (excluding diaryl/α,β-unsaturated/α-hetero) is 2. The van der Waals surface area contributed by atoms with Crippen molar-refractivity contribution >= 4 is 11.6 Å². The van der Waals surface area contributed by atoms with E-state index >= 15 is 0 Å². The van der Waals surface area contributed by atoms with Gasteiger partial charge in [-0.15, -0.1) is 0 Å². The highest BCUT2D eigenvalue weighted by Gasteiger charge is 2.62. The second kappa shape index (κ2) is 4.53. The number of hydrogen-bond donors (Lipinski definition) is 0. The first-order valence-corrected chi connectivity index (χ1v) is 8.62. The van der Waals surface area contributed by atoms with Gasteiger partial charge in [-0.25, -0.2) is 0 Å². The van der Waals surface area contributed by atoms with Crippen LogP contribution in [0, 0.1) is 29.1 Å². The van der Waals surface area contributed by atoms with Crippen LogP contribution in [-0.2, 0) is 6.42 Å². The fourth-order valence-electron chi connectivity index (χ4n) is 5.41. The van der Waals surface area contributed by atoms with E-state index in [4.69, 9.17) is 0 Å². The van der Waals surface area contributed by atoms with Crippen LogP contribution in [0.4, 0.5) is 0 Å². The molecular formula is C20H24O2. The molecule has 0 aromatic heterocycles. The number of carbonyl (C=O) groups excluding carboxylic acids is 2. The average Bonchev–Trinajstić information content (AvgIpc) is 2.97. The van der Waals surface area contributed by atoms with Crippen molar-refractivity contribution in [3.63, 3.8) is 0 Å². The van der Waals surface area contributed by atoms with E-state index in [0.29, 0.717) is 23.0 Å². The Morgan fingerprint density at radius 1 is 1.18 bits per heavy atom. The lowest BCUT2D eigenvalue weighted by molar-refractivity contribution is 0.0572. The molecule has 0 saturated heterocycles. The SMILES string of the molecule is CC(C)Cc1ccc2c(c1)C(=O)C1C3CCC(C)(C3)C1C2=O. The maximum Gasteiger partial charge on any atom is 0.167 e. The minimum Gasteiger partial charge on any atom is -0.294 e. The zero-order chi connectivity index (χ0) is 15.6. The Kier molecular flexibility index (Phi) is 2.92. The molecule has 1 aromatic carbocycles. The largest absolute Gasteiger partial charge is 0.294 e. The summed E-state index contributed by atoms with van der Waals surface area (Å²) in [6.45, 7) is 6.58. The number of benzene rings is 1. The molecule has 116 valence electrons. The molecule has 0 amide bonds. The van der Waals surface area contributed by atoms with Crippen molar-refractivity contribution in [2.75, 3.05) is 0 Å². The first-order chi connectivity index (χ1) is 10.4. The molecule has 2 heteroatoms. The first-order valence-electron chi connectivity index (χ1n) is 8.62. The Morgan fingerprint density at radius 2 is 1.95 bits per heavy atom. The Hall–Kier alpha value is -1.44. The van der Waals surface area contributed by atoms with Crippen molar-refractivity contribution in [1.82, 2.24) is 0 Å². The van der Waals surface area contributed by atoms with Crippen molar-refractivity contribution < 1.29 is 9.59 Å². The molecular weight excluding hydrogens is 272 g/mol. The lowest BCUT2D eigenvalue weighted by Gasteiger charge is -2.38. The molecule has 0 N–H and O–H groups in total. The van der Waals surface area contributed by atoms with Gasteiger partial charge in [-0.1, -0.05) is 32.9 Å². The first kappa shape index (κ1) is 14.2. The molecule has 2 nitrogen and oxygen atoms in total. The van der Waals surface area contributed by atoms with Crippen LogP contribution in [0.2, 0.25) is 0 Å². The zero-order valence-corrected chi connectivity index (χ0v) is 13.7. The molecule has 2 fully saturated rings. The molecule has 0 spiro atoms. The van der Waals surface area contributed by atoms with Gasteiger partial charge in [0.15, 0.2) is 11.6 Å². The van der Waals surface area contributed by atoms with Crippen molar-refractivity contribution in [3.05, 3.63) is 34.9 Å². The molecule has 1 aromatic rings. The number of ketones is 2. The second-order valence-electron chi connectivity index (χ2n) is 8.37. The van der Waals surface area contributed by atoms with Crippen molar-refractivity contribution in [2.45, 2.75) is 46.5 Å². The Balaban J connectivity index is 1.80. The van der Waals surface area contributed by atoms with Gasteiger partial charge >= 0.3 is 0 Å². The summed E-state index contributed by atoms with van der Waals surface area (Å²) in [6, 6.07) is 5.96. The fraction of sp³-hybridized carbons (Fsp3) is 0.600. The van der Waals surface area contributed by atoms with Gasteiger partial charge in [0, 0.05) is 23.0 Å². The average molecular weight is 296 g/mol. The van der Waals surface area contributed by atoms with Gasteiger partial charge in [-0.3, -0.25) is 9.59 Å². The minimum atomic E-state index is -0.0535. The summed E-state index contributed by atoms with van der Waals surface area (Å²) >= 11 is 0. The summed E-state index contributed by atoms with van der Waals surface area (Å²) in [7, 11) is 0. The minimum absolute atomic E-state index is 0.0342. The third-order valence-electron chi connectivity index (χ3n) is 6.28. The van der Waals surface area contributed by atoms with E-state index in [1.165, 1.54) is 5.56 Å². The van der Waals surface area contributed by atoms with Gasteiger partial charge in [0.1, 0.15) is 0 Å². The van der Waals surface area contributed by atoms with Crippen LogP contribution in [0.3, 0.4) is 0 Å². The summed E-state index contributed by atoms with van der Waals surface area (Å²) < 4.78 is 0. The summed E-state index contributed by atoms with van der Waals surface area (Å²) in [5.74, 6) is 1.39. The molecule has 0 heterocycles. The van der Waals surface area contributed by atoms with Gasteiger partial charge in [-0.2, -0.15) is 0 Å². The highest BCUT2D eigenvalue weighted by atomic mass is 16.1. The quantitative estimate of drug-likeness (QED) is 0.814. The van der Waals surface area contributed by atoms with Crippen LogP contribution in [-0.4, -0.2) is 11.6 Å². The topological polar surface area (TPSA) is 34.1 Å². The van der Waals surface area contributed by atoms with Crippen LogP contribution in [0.15, 0.2) is 18.2 Å². The van der Waals surface area contributed by atoms with Crippen LogP contribution in [0.5, 0.6) is 0 Å². The van der Waals surface area contributed by atoms with E-state index in [2.05, 4.69) is 20.8 Å². The highest BCUT2D eigenvalue weighted by molar-refractivity contribution is 6.16. The van der Waals surface area contributed by atoms with Crippen molar-refractivity contribution in [2.24, 2.45) is 29.1 Å². The predicted molar refractivity (Wildman–Crippen MR) is 86.1 cm³/mol. The summed E-state index contributed by atoms with van der Waals surface area (Å²) in [5, 5.41) is 0. The lowest BCUT2D eigenvalue weighted by Crippen LogP contribution is -2.43. The van der Waals surface area contributed by atoms with Gasteiger partial charge in [0.05, 0.1) is 0 Å². The Labute approximate surface area is 132 Å². The van der Waals surface area contributed by atoms with E-state index in [1.54, 1.807) is 0 Å². The van der Waals surface area contributed by atoms with E-state index in [9.17, 15) is 9.59 Å². The standard InChI is InChI=1S/C20H24O2/c1-11(2)8-12-4-5-14-15(9-12)18(21)16-13-6-7-20(3,10-13)17(16)19(14)22/h4-5,9,11,13,16-17H,6-8,10H2,1-3H3. The summed E-state index contributed by atoms with van der Waals surface area (Å²) in [6.07, 6.45) is 4.26. The molecule has 4 atom stereocenters. The number of hydrogen-bond acceptors (Lipinski definition) is 2. The normalized spacial score (nSPS) is 35.9. The van der Waals surface area contributed by atoms with Gasteiger partial charge < -0.3 is 0 Å². The maximum absolute atomic E-state index is 13.1. The molecule has 2 bridgehead atoms. The predicted octanol–water partition coefficient (Wildman–Crippen LogP) is 4.32. The molecule has 4 rings (SSSR count). The van der Waals surface area contributed by atoms with E-state index in [1.807, 2.05) is 18.2 Å². The molecule has 0 aliphatic heterocycles. The number of rotatable bonds is 2. The smallest absolute Gasteiger partial charge is 0.167 e. The van der Waals surface area contributed by atoms with Crippen LogP contribution < -0.4 is 0 Å². The summed E-state index contributed by atoms with van der Waals surface area (Å²) in [5.41, 5.74) is 2.65. The molecule has 3 aliphatic rings. The monoisotopic (exact) mass is 296 g/mol. The fourth-order valence-corrected chi connectivity index (χ4v) is 5.41. The Bertz CT molecular complexity index is 672. The number of carbonyl (C=O) groups is 2. The Morgan fingerprint density at radius 3 is 2.68 bits per heavy atom. The highest BCUT2D eigenvalue weighted by Crippen LogP contribution is 2.63. The van der Waals surface area contributed by atoms with Crippen molar-refractivity contribution in [1.29, 1.82) is 0 Å². The van der Waals surface area contributed by atoms with Gasteiger partial charge in [-0.05, 0) is 54.6 Å². The van der Waals surface area contributed by atoms with Crippen LogP contribution in [0.1, 0.15) is 66.3 Å². The maximum atomic E-state index is 13.1. The van der Waals surface area contributed by atoms with Gasteiger partial charge in [0.25, 0.3) is 0 Å². The van der Waals surface area contributed by atoms with E-state index in [0.717, 1.165) is 25.7 Å². The summed E-state index contributed by atoms with van der Waals surface area (Å²) in [4.78, 5) is 26.1. The second-order valence-corrected chi connectivity index (χ2v) is 8.37. The third kappa shape index (κ3) is 1.79. The molecule has 2 saturated carbocycles. The van der Waals surface area contributed by atoms with Crippen LogP contribution in [0.25, 0.3) is 0 Å². The van der Waals surface area contributed by atoms with Crippen molar-refractivity contribution in [3.8, 4) is 0 Å². The van der Waals surface area contributed by atoms with E-state index in [-0.39, 0.29) is 28.8 Å². The molecule has 4 unspecified atom stereocenters. The van der Waals surface area contributed by atoms with E-state index < -0.39 is 0 Å². The molecule has 3 aliphatic carbocycles. The molecule has 22 heavy (non-hydrogen) atoms. The molecule has 0 radical (unpaired) electrons. The third-order valence-corrected chi connectivity index (χ3v) is 6.28. The van der Waals surface area contributed by atoms with Gasteiger partial charge in [0.2, 0.25) is 0 Å². The van der Waals surface area contributed by atoms with Crippen LogP contribution >= 0.6 is 0 Å².